The Bertz CT molecular complexity index is 1000. The van der Waals surface area contributed by atoms with E-state index >= 15 is 0 Å². The SMILES string of the molecule is Cc1cc(C)c(C(c2cccc(N)c2)c2c(C)cc(C)c(C)c2O)c(O)c1C. The average molecular weight is 376 g/mol. The first-order valence-corrected chi connectivity index (χ1v) is 9.58. The van der Waals surface area contributed by atoms with Crippen molar-refractivity contribution in [3.05, 3.63) is 86.5 Å². The summed E-state index contributed by atoms with van der Waals surface area (Å²) in [5, 5.41) is 22.2. The number of phenolic OH excluding ortho intramolecular Hbond substituents is 2. The molecule has 0 saturated heterocycles. The molecule has 0 fully saturated rings. The van der Waals surface area contributed by atoms with Gasteiger partial charge in [-0.2, -0.15) is 0 Å². The second-order valence-electron chi connectivity index (χ2n) is 7.90. The van der Waals surface area contributed by atoms with Crippen molar-refractivity contribution in [2.45, 2.75) is 47.5 Å². The maximum atomic E-state index is 11.1. The first-order valence-electron chi connectivity index (χ1n) is 9.58. The fraction of sp³-hybridized carbons (Fsp3) is 0.280. The van der Waals surface area contributed by atoms with Gasteiger partial charge in [-0.15, -0.1) is 0 Å². The summed E-state index contributed by atoms with van der Waals surface area (Å²) in [7, 11) is 0. The summed E-state index contributed by atoms with van der Waals surface area (Å²) < 4.78 is 0. The molecule has 0 saturated carbocycles. The Kier molecular flexibility index (Phi) is 5.12. The number of nitrogen functional groups attached to an aromatic ring is 1. The van der Waals surface area contributed by atoms with Gasteiger partial charge in [0, 0.05) is 22.7 Å². The quantitative estimate of drug-likeness (QED) is 0.406. The predicted octanol–water partition coefficient (Wildman–Crippen LogP) is 5.71. The number of benzene rings is 3. The lowest BCUT2D eigenvalue weighted by Crippen LogP contribution is -2.10. The van der Waals surface area contributed by atoms with Crippen molar-refractivity contribution < 1.29 is 10.2 Å². The van der Waals surface area contributed by atoms with Crippen molar-refractivity contribution in [3.8, 4) is 11.5 Å². The standard InChI is InChI=1S/C25H29NO2/c1-13-10-15(3)21(24(27)17(13)5)23(19-8-7-9-20(26)12-19)22-16(4)11-14(2)18(6)25(22)28/h7-12,23,27-28H,26H2,1-6H3. The molecule has 28 heavy (non-hydrogen) atoms. The third-order valence-corrected chi connectivity index (χ3v) is 5.94. The first kappa shape index (κ1) is 19.8. The zero-order valence-corrected chi connectivity index (χ0v) is 17.5. The number of anilines is 1. The van der Waals surface area contributed by atoms with Gasteiger partial charge in [-0.05, 0) is 92.6 Å². The monoisotopic (exact) mass is 375 g/mol. The van der Waals surface area contributed by atoms with E-state index in [1.807, 2.05) is 65.8 Å². The maximum Gasteiger partial charge on any atom is 0.123 e. The summed E-state index contributed by atoms with van der Waals surface area (Å²) in [4.78, 5) is 0. The molecule has 0 radical (unpaired) electrons. The van der Waals surface area contributed by atoms with Gasteiger partial charge in [0.15, 0.2) is 0 Å². The van der Waals surface area contributed by atoms with E-state index in [2.05, 4.69) is 12.1 Å². The first-order chi connectivity index (χ1) is 13.1. The van der Waals surface area contributed by atoms with Crippen molar-refractivity contribution in [1.29, 1.82) is 0 Å². The van der Waals surface area contributed by atoms with Gasteiger partial charge >= 0.3 is 0 Å². The van der Waals surface area contributed by atoms with Crippen LogP contribution in [0.2, 0.25) is 0 Å². The van der Waals surface area contributed by atoms with Gasteiger partial charge in [-0.3, -0.25) is 0 Å². The van der Waals surface area contributed by atoms with Gasteiger partial charge in [0.05, 0.1) is 0 Å². The van der Waals surface area contributed by atoms with Crippen LogP contribution in [0.5, 0.6) is 11.5 Å². The molecule has 3 aromatic rings. The minimum absolute atomic E-state index is 0.280. The Morgan fingerprint density at radius 3 is 1.57 bits per heavy atom. The lowest BCUT2D eigenvalue weighted by molar-refractivity contribution is 0.452. The predicted molar refractivity (Wildman–Crippen MR) is 116 cm³/mol. The van der Waals surface area contributed by atoms with Crippen LogP contribution in [-0.4, -0.2) is 10.2 Å². The number of aromatic hydroxyl groups is 2. The van der Waals surface area contributed by atoms with E-state index in [-0.39, 0.29) is 17.4 Å². The van der Waals surface area contributed by atoms with Crippen LogP contribution < -0.4 is 5.73 Å². The number of phenols is 2. The number of nitrogens with two attached hydrogens (primary N) is 1. The number of hydrogen-bond donors (Lipinski definition) is 3. The summed E-state index contributed by atoms with van der Waals surface area (Å²) in [5.41, 5.74) is 15.1. The molecule has 0 aliphatic heterocycles. The third-order valence-electron chi connectivity index (χ3n) is 5.94. The maximum absolute atomic E-state index is 11.1. The lowest BCUT2D eigenvalue weighted by atomic mass is 9.78. The molecule has 0 aromatic heterocycles. The normalized spacial score (nSPS) is 11.2. The Morgan fingerprint density at radius 1 is 0.679 bits per heavy atom. The highest BCUT2D eigenvalue weighted by atomic mass is 16.3. The molecular formula is C25H29NO2. The molecule has 3 nitrogen and oxygen atoms in total. The van der Waals surface area contributed by atoms with Gasteiger partial charge < -0.3 is 15.9 Å². The Labute approximate surface area is 167 Å². The van der Waals surface area contributed by atoms with Crippen LogP contribution in [0.25, 0.3) is 0 Å². The molecule has 0 amide bonds. The summed E-state index contributed by atoms with van der Waals surface area (Å²) in [5.74, 6) is 0.242. The highest BCUT2D eigenvalue weighted by Crippen LogP contribution is 2.46. The van der Waals surface area contributed by atoms with E-state index in [0.717, 1.165) is 50.1 Å². The fourth-order valence-corrected chi connectivity index (χ4v) is 4.12. The molecule has 146 valence electrons. The summed E-state index contributed by atoms with van der Waals surface area (Å²) in [6.45, 7) is 11.9. The summed E-state index contributed by atoms with van der Waals surface area (Å²) in [6.07, 6.45) is 0. The molecular weight excluding hydrogens is 346 g/mol. The van der Waals surface area contributed by atoms with Gasteiger partial charge in [0.25, 0.3) is 0 Å². The molecule has 4 N–H and O–H groups in total. The molecule has 3 heteroatoms. The topological polar surface area (TPSA) is 66.5 Å². The lowest BCUT2D eigenvalue weighted by Gasteiger charge is -2.27. The smallest absolute Gasteiger partial charge is 0.123 e. The van der Waals surface area contributed by atoms with Crippen molar-refractivity contribution >= 4 is 5.69 Å². The third kappa shape index (κ3) is 3.22. The van der Waals surface area contributed by atoms with Crippen LogP contribution in [0.3, 0.4) is 0 Å². The van der Waals surface area contributed by atoms with Gasteiger partial charge in [0.2, 0.25) is 0 Å². The van der Waals surface area contributed by atoms with Crippen molar-refractivity contribution in [3.63, 3.8) is 0 Å². The average Bonchev–Trinajstić information content (AvgIpc) is 2.63. The van der Waals surface area contributed by atoms with E-state index in [1.54, 1.807) is 0 Å². The number of rotatable bonds is 3. The van der Waals surface area contributed by atoms with Crippen LogP contribution in [-0.2, 0) is 0 Å². The Balaban J connectivity index is 2.44. The van der Waals surface area contributed by atoms with Crippen molar-refractivity contribution in [1.82, 2.24) is 0 Å². The van der Waals surface area contributed by atoms with E-state index in [0.29, 0.717) is 5.69 Å². The largest absolute Gasteiger partial charge is 0.507 e. The molecule has 3 rings (SSSR count). The highest BCUT2D eigenvalue weighted by molar-refractivity contribution is 5.63. The molecule has 0 heterocycles. The number of aryl methyl sites for hydroxylation is 4. The van der Waals surface area contributed by atoms with Crippen LogP contribution in [0.1, 0.15) is 56.0 Å². The van der Waals surface area contributed by atoms with Crippen LogP contribution in [0.15, 0.2) is 36.4 Å². The fourth-order valence-electron chi connectivity index (χ4n) is 4.12. The van der Waals surface area contributed by atoms with Crippen LogP contribution >= 0.6 is 0 Å². The number of hydrogen-bond acceptors (Lipinski definition) is 3. The molecule has 0 aliphatic carbocycles. The molecule has 3 aromatic carbocycles. The molecule has 0 unspecified atom stereocenters. The molecule has 0 spiro atoms. The summed E-state index contributed by atoms with van der Waals surface area (Å²) >= 11 is 0. The Hall–Kier alpha value is -2.94. The minimum atomic E-state index is -0.318. The molecule has 0 atom stereocenters. The van der Waals surface area contributed by atoms with Crippen molar-refractivity contribution in [2.75, 3.05) is 5.73 Å². The molecule has 0 aliphatic rings. The molecule has 0 bridgehead atoms. The highest BCUT2D eigenvalue weighted by Gasteiger charge is 2.28. The zero-order chi connectivity index (χ0) is 20.7. The zero-order valence-electron chi connectivity index (χ0n) is 17.5. The van der Waals surface area contributed by atoms with Gasteiger partial charge in [-0.1, -0.05) is 24.3 Å². The van der Waals surface area contributed by atoms with E-state index in [1.165, 1.54) is 0 Å². The summed E-state index contributed by atoms with van der Waals surface area (Å²) in [6, 6.07) is 11.9. The second kappa shape index (κ2) is 7.23. The van der Waals surface area contributed by atoms with Crippen molar-refractivity contribution in [2.24, 2.45) is 0 Å². The van der Waals surface area contributed by atoms with Crippen LogP contribution in [0.4, 0.5) is 5.69 Å². The van der Waals surface area contributed by atoms with E-state index < -0.39 is 0 Å². The van der Waals surface area contributed by atoms with Gasteiger partial charge in [-0.25, -0.2) is 0 Å². The van der Waals surface area contributed by atoms with Gasteiger partial charge in [0.1, 0.15) is 11.5 Å². The Morgan fingerprint density at radius 2 is 1.14 bits per heavy atom. The minimum Gasteiger partial charge on any atom is -0.507 e. The van der Waals surface area contributed by atoms with E-state index in [4.69, 9.17) is 5.73 Å². The van der Waals surface area contributed by atoms with Crippen LogP contribution in [0, 0.1) is 41.5 Å². The van der Waals surface area contributed by atoms with E-state index in [9.17, 15) is 10.2 Å². The second-order valence-corrected chi connectivity index (χ2v) is 7.90.